The fourth-order valence-electron chi connectivity index (χ4n) is 3.23. The second kappa shape index (κ2) is 7.87. The molecule has 1 aromatic heterocycles. The summed E-state index contributed by atoms with van der Waals surface area (Å²) < 4.78 is 28.3. The molecule has 4 rings (SSSR count). The van der Waals surface area contributed by atoms with Crippen molar-refractivity contribution in [1.29, 1.82) is 0 Å². The molecule has 0 aliphatic rings. The molecule has 0 fully saturated rings. The van der Waals surface area contributed by atoms with Gasteiger partial charge in [0, 0.05) is 23.7 Å². The molecule has 0 aliphatic heterocycles. The molecule has 1 amide bonds. The average Bonchev–Trinajstić information content (AvgIpc) is 2.77. The molecule has 0 bridgehead atoms. The standard InChI is InChI=1S/C23H17F2N3O2/c1-27(16-7-3-2-4-8-16)21(29)14-28-23(30)18-10-6-5-9-17(18)22(26-28)15-11-12-19(24)20(25)13-15/h2-13H,14H2,1H3. The normalized spacial score (nSPS) is 10.9. The van der Waals surface area contributed by atoms with E-state index in [1.165, 1.54) is 11.0 Å². The van der Waals surface area contributed by atoms with Gasteiger partial charge in [0.05, 0.1) is 11.1 Å². The van der Waals surface area contributed by atoms with Crippen LogP contribution in [-0.2, 0) is 11.3 Å². The highest BCUT2D eigenvalue weighted by atomic mass is 19.2. The number of hydrogen-bond acceptors (Lipinski definition) is 3. The number of para-hydroxylation sites is 1. The second-order valence-electron chi connectivity index (χ2n) is 6.77. The number of rotatable bonds is 4. The molecule has 0 unspecified atom stereocenters. The highest BCUT2D eigenvalue weighted by molar-refractivity contribution is 5.95. The zero-order valence-electron chi connectivity index (χ0n) is 16.0. The maximum atomic E-state index is 13.8. The average molecular weight is 405 g/mol. The van der Waals surface area contributed by atoms with E-state index >= 15 is 0 Å². The number of benzene rings is 3. The molecule has 150 valence electrons. The maximum Gasteiger partial charge on any atom is 0.275 e. The molecular weight excluding hydrogens is 388 g/mol. The molecule has 0 spiro atoms. The van der Waals surface area contributed by atoms with E-state index in [0.717, 1.165) is 16.8 Å². The predicted molar refractivity (Wildman–Crippen MR) is 111 cm³/mol. The van der Waals surface area contributed by atoms with Gasteiger partial charge in [0.1, 0.15) is 6.54 Å². The third-order valence-corrected chi connectivity index (χ3v) is 4.86. The Labute approximate surface area is 170 Å². The summed E-state index contributed by atoms with van der Waals surface area (Å²) >= 11 is 0. The monoisotopic (exact) mass is 405 g/mol. The Kier molecular flexibility index (Phi) is 5.10. The first-order valence-corrected chi connectivity index (χ1v) is 9.22. The first kappa shape index (κ1) is 19.4. The van der Waals surface area contributed by atoms with Crippen LogP contribution in [0.3, 0.4) is 0 Å². The third-order valence-electron chi connectivity index (χ3n) is 4.86. The van der Waals surface area contributed by atoms with E-state index in [1.54, 1.807) is 55.6 Å². The Balaban J connectivity index is 1.81. The number of carbonyl (C=O) groups excluding carboxylic acids is 1. The van der Waals surface area contributed by atoms with E-state index < -0.39 is 17.2 Å². The summed E-state index contributed by atoms with van der Waals surface area (Å²) in [4.78, 5) is 27.1. The van der Waals surface area contributed by atoms with E-state index in [9.17, 15) is 18.4 Å². The van der Waals surface area contributed by atoms with Crippen LogP contribution in [0.5, 0.6) is 0 Å². The van der Waals surface area contributed by atoms with Crippen LogP contribution in [-0.4, -0.2) is 22.7 Å². The van der Waals surface area contributed by atoms with Gasteiger partial charge in [-0.1, -0.05) is 36.4 Å². The van der Waals surface area contributed by atoms with E-state index in [2.05, 4.69) is 5.10 Å². The van der Waals surface area contributed by atoms with E-state index in [1.807, 2.05) is 6.07 Å². The summed E-state index contributed by atoms with van der Waals surface area (Å²) in [5.74, 6) is -2.34. The number of fused-ring (bicyclic) bond motifs is 1. The van der Waals surface area contributed by atoms with Gasteiger partial charge in [-0.25, -0.2) is 13.5 Å². The number of amides is 1. The fourth-order valence-corrected chi connectivity index (χ4v) is 3.23. The van der Waals surface area contributed by atoms with Crippen LogP contribution >= 0.6 is 0 Å². The van der Waals surface area contributed by atoms with Crippen LogP contribution in [0, 0.1) is 11.6 Å². The van der Waals surface area contributed by atoms with E-state index in [-0.39, 0.29) is 12.5 Å². The van der Waals surface area contributed by atoms with Crippen molar-refractivity contribution in [2.75, 3.05) is 11.9 Å². The van der Waals surface area contributed by atoms with Gasteiger partial charge in [0.2, 0.25) is 5.91 Å². The summed E-state index contributed by atoms with van der Waals surface area (Å²) in [6.45, 7) is -0.300. The van der Waals surface area contributed by atoms with Gasteiger partial charge in [-0.15, -0.1) is 0 Å². The van der Waals surface area contributed by atoms with Crippen LogP contribution in [0.4, 0.5) is 14.5 Å². The molecule has 0 atom stereocenters. The van der Waals surface area contributed by atoms with Crippen molar-refractivity contribution in [1.82, 2.24) is 9.78 Å². The van der Waals surface area contributed by atoms with Crippen molar-refractivity contribution in [2.45, 2.75) is 6.54 Å². The third kappa shape index (κ3) is 3.57. The molecular formula is C23H17F2N3O2. The molecule has 30 heavy (non-hydrogen) atoms. The van der Waals surface area contributed by atoms with Gasteiger partial charge >= 0.3 is 0 Å². The van der Waals surface area contributed by atoms with Crippen molar-refractivity contribution in [3.63, 3.8) is 0 Å². The minimum absolute atomic E-state index is 0.291. The van der Waals surface area contributed by atoms with Crippen LogP contribution in [0.25, 0.3) is 22.0 Å². The smallest absolute Gasteiger partial charge is 0.275 e. The Morgan fingerprint density at radius 3 is 2.30 bits per heavy atom. The molecule has 0 aliphatic carbocycles. The van der Waals surface area contributed by atoms with Crippen LogP contribution in [0.2, 0.25) is 0 Å². The molecule has 0 saturated carbocycles. The highest BCUT2D eigenvalue weighted by Crippen LogP contribution is 2.26. The van der Waals surface area contributed by atoms with E-state index in [4.69, 9.17) is 0 Å². The number of anilines is 1. The van der Waals surface area contributed by atoms with Gasteiger partial charge in [-0.3, -0.25) is 9.59 Å². The molecule has 7 heteroatoms. The highest BCUT2D eigenvalue weighted by Gasteiger charge is 2.17. The Hall–Kier alpha value is -3.87. The topological polar surface area (TPSA) is 55.2 Å². The number of halogens is 2. The molecule has 0 radical (unpaired) electrons. The van der Waals surface area contributed by atoms with Gasteiger partial charge < -0.3 is 4.90 Å². The Bertz CT molecular complexity index is 1300. The summed E-state index contributed by atoms with van der Waals surface area (Å²) in [5, 5.41) is 5.15. The zero-order valence-corrected chi connectivity index (χ0v) is 16.0. The molecule has 3 aromatic carbocycles. The maximum absolute atomic E-state index is 13.8. The Morgan fingerprint density at radius 1 is 0.933 bits per heavy atom. The van der Waals surface area contributed by atoms with E-state index in [0.29, 0.717) is 27.7 Å². The number of likely N-dealkylation sites (N-methyl/N-ethyl adjacent to an activating group) is 1. The second-order valence-corrected chi connectivity index (χ2v) is 6.77. The summed E-state index contributed by atoms with van der Waals surface area (Å²) in [7, 11) is 1.61. The lowest BCUT2D eigenvalue weighted by Crippen LogP contribution is -2.35. The molecule has 5 nitrogen and oxygen atoms in total. The quantitative estimate of drug-likeness (QED) is 0.516. The van der Waals surface area contributed by atoms with Crippen LogP contribution < -0.4 is 10.5 Å². The van der Waals surface area contributed by atoms with Crippen molar-refractivity contribution in [3.05, 3.63) is 94.8 Å². The van der Waals surface area contributed by atoms with Crippen molar-refractivity contribution < 1.29 is 13.6 Å². The lowest BCUT2D eigenvalue weighted by molar-refractivity contribution is -0.119. The molecule has 0 saturated heterocycles. The number of hydrogen-bond donors (Lipinski definition) is 0. The van der Waals surface area contributed by atoms with Crippen molar-refractivity contribution in [3.8, 4) is 11.3 Å². The number of carbonyl (C=O) groups is 1. The van der Waals surface area contributed by atoms with Crippen molar-refractivity contribution >= 4 is 22.4 Å². The first-order valence-electron chi connectivity index (χ1n) is 9.22. The molecule has 4 aromatic rings. The minimum Gasteiger partial charge on any atom is -0.314 e. The number of nitrogens with zero attached hydrogens (tertiary/aromatic N) is 3. The van der Waals surface area contributed by atoms with Crippen LogP contribution in [0.1, 0.15) is 0 Å². The summed E-state index contributed by atoms with van der Waals surface area (Å²) in [6, 6.07) is 19.1. The van der Waals surface area contributed by atoms with Gasteiger partial charge in [0.25, 0.3) is 5.56 Å². The van der Waals surface area contributed by atoms with Gasteiger partial charge in [-0.05, 0) is 36.4 Å². The molecule has 1 heterocycles. The lowest BCUT2D eigenvalue weighted by Gasteiger charge is -2.18. The Morgan fingerprint density at radius 2 is 1.60 bits per heavy atom. The van der Waals surface area contributed by atoms with Gasteiger partial charge in [0.15, 0.2) is 11.6 Å². The SMILES string of the molecule is CN(C(=O)Cn1nc(-c2ccc(F)c(F)c2)c2ccccc2c1=O)c1ccccc1. The predicted octanol–water partition coefficient (Wildman–Crippen LogP) is 4.00. The van der Waals surface area contributed by atoms with Crippen LogP contribution in [0.15, 0.2) is 77.6 Å². The number of aromatic nitrogens is 2. The van der Waals surface area contributed by atoms with Gasteiger partial charge in [-0.2, -0.15) is 5.10 Å². The first-order chi connectivity index (χ1) is 14.5. The largest absolute Gasteiger partial charge is 0.314 e. The summed E-state index contributed by atoms with van der Waals surface area (Å²) in [6.07, 6.45) is 0. The molecule has 0 N–H and O–H groups in total. The zero-order chi connectivity index (χ0) is 21.3. The lowest BCUT2D eigenvalue weighted by atomic mass is 10.0. The van der Waals surface area contributed by atoms with Crippen molar-refractivity contribution in [2.24, 2.45) is 0 Å². The fraction of sp³-hybridized carbons (Fsp3) is 0.0870. The summed E-state index contributed by atoms with van der Waals surface area (Å²) in [5.41, 5.74) is 0.839. The minimum atomic E-state index is -1.02.